The number of ether oxygens (including phenoxy) is 4. The van der Waals surface area contributed by atoms with Gasteiger partial charge < -0.3 is 29.4 Å². The van der Waals surface area contributed by atoms with Crippen LogP contribution in [0, 0.1) is 6.92 Å². The quantitative estimate of drug-likeness (QED) is 0.125. The third-order valence-electron chi connectivity index (χ3n) is 9.28. The predicted molar refractivity (Wildman–Crippen MR) is 205 cm³/mol. The first kappa shape index (κ1) is 40.1. The molecule has 0 saturated heterocycles. The van der Waals surface area contributed by atoms with Crippen LogP contribution < -0.4 is 15.0 Å². The molecule has 2 N–H and O–H groups in total. The van der Waals surface area contributed by atoms with Gasteiger partial charge in [-0.3, -0.25) is 14.4 Å². The number of anilines is 2. The fraction of sp³-hybridized carbons (Fsp3) is 0.250. The first-order valence-corrected chi connectivity index (χ1v) is 19.2. The van der Waals surface area contributed by atoms with Crippen molar-refractivity contribution >= 4 is 56.7 Å². The van der Waals surface area contributed by atoms with Crippen molar-refractivity contribution in [3.05, 3.63) is 130 Å². The predicted octanol–water partition coefficient (Wildman–Crippen LogP) is 5.30. The number of fused-ring (bicyclic) bond motifs is 1. The molecule has 0 fully saturated rings. The van der Waals surface area contributed by atoms with Crippen LogP contribution in [-0.2, 0) is 29.0 Å². The molecule has 2 aliphatic heterocycles. The minimum Gasteiger partial charge on any atom is -0.497 e. The standard InChI is InChI=1S/C40H38ClN3O11S/c1-24-20-29(9-15-34(24)44-38(47)32-14-8-28(41)23-33(32)39(44)48)42-37(46)35-21-27(25-4-6-26(7-5-25)40(49)53-3)22-36(55-35)54-19-17-43(16-18-45)56(50,51)31-12-10-30(52-2)11-13-31/h4-15,20-21,23,27,36,45H,16-19,22H2,1-3H3,(H,42,46)/t27-,36+/m1/s1. The minimum absolute atomic E-state index is 0.00919. The normalized spacial score (nSPS) is 16.6. The van der Waals surface area contributed by atoms with Crippen LogP contribution in [0.4, 0.5) is 11.4 Å². The highest BCUT2D eigenvalue weighted by molar-refractivity contribution is 7.89. The van der Waals surface area contributed by atoms with E-state index in [4.69, 9.17) is 30.5 Å². The number of rotatable bonds is 14. The lowest BCUT2D eigenvalue weighted by molar-refractivity contribution is -0.143. The SMILES string of the molecule is COC(=O)c1ccc([C@@H]2C=C(C(=O)Nc3ccc(N4C(=O)c5ccc(Cl)cc5C4=O)c(C)c3)O[C@H](OCCN(CCO)S(=O)(=O)c3ccc(OC)cc3)C2)cc1. The number of carbonyl (C=O) groups excluding carboxylic acids is 4. The van der Waals surface area contributed by atoms with Gasteiger partial charge in [-0.1, -0.05) is 23.7 Å². The van der Waals surface area contributed by atoms with Gasteiger partial charge in [0.15, 0.2) is 5.76 Å². The Morgan fingerprint density at radius 2 is 1.66 bits per heavy atom. The Morgan fingerprint density at radius 1 is 0.946 bits per heavy atom. The minimum atomic E-state index is -4.01. The van der Waals surface area contributed by atoms with Crippen LogP contribution in [-0.4, -0.2) is 88.3 Å². The molecule has 2 heterocycles. The average molecular weight is 804 g/mol. The molecule has 0 aromatic heterocycles. The van der Waals surface area contributed by atoms with Crippen molar-refractivity contribution in [2.45, 2.75) is 30.4 Å². The molecule has 0 unspecified atom stereocenters. The molecule has 14 nitrogen and oxygen atoms in total. The Kier molecular flexibility index (Phi) is 12.2. The highest BCUT2D eigenvalue weighted by Crippen LogP contribution is 2.35. The third kappa shape index (κ3) is 8.46. The molecule has 0 spiro atoms. The van der Waals surface area contributed by atoms with Crippen LogP contribution in [0.15, 0.2) is 102 Å². The number of nitrogens with one attached hydrogen (secondary N) is 1. The number of amides is 3. The zero-order valence-corrected chi connectivity index (χ0v) is 32.1. The molecule has 0 aliphatic carbocycles. The second-order valence-electron chi connectivity index (χ2n) is 12.8. The first-order valence-electron chi connectivity index (χ1n) is 17.4. The van der Waals surface area contributed by atoms with E-state index in [9.17, 15) is 32.7 Å². The fourth-order valence-corrected chi connectivity index (χ4v) is 7.98. The second-order valence-corrected chi connectivity index (χ2v) is 15.2. The molecule has 0 radical (unpaired) electrons. The van der Waals surface area contributed by atoms with E-state index in [1.165, 1.54) is 50.6 Å². The second kappa shape index (κ2) is 17.1. The van der Waals surface area contributed by atoms with E-state index in [0.717, 1.165) is 14.8 Å². The van der Waals surface area contributed by atoms with Crippen molar-refractivity contribution < 1.29 is 51.6 Å². The summed E-state index contributed by atoms with van der Waals surface area (Å²) in [5, 5.41) is 12.8. The van der Waals surface area contributed by atoms with Crippen LogP contribution in [0.25, 0.3) is 0 Å². The van der Waals surface area contributed by atoms with Gasteiger partial charge in [-0.2, -0.15) is 4.31 Å². The fourth-order valence-electron chi connectivity index (χ4n) is 6.39. The zero-order valence-electron chi connectivity index (χ0n) is 30.6. The highest BCUT2D eigenvalue weighted by Gasteiger charge is 2.38. The van der Waals surface area contributed by atoms with E-state index in [0.29, 0.717) is 33.3 Å². The lowest BCUT2D eigenvalue weighted by atomic mass is 9.92. The number of carbonyl (C=O) groups is 4. The Hall–Kier alpha value is -5.58. The van der Waals surface area contributed by atoms with E-state index in [2.05, 4.69) is 5.32 Å². The van der Waals surface area contributed by atoms with Crippen LogP contribution >= 0.6 is 11.6 Å². The lowest BCUT2D eigenvalue weighted by Crippen LogP contribution is -2.37. The number of aryl methyl sites for hydroxylation is 1. The maximum atomic E-state index is 13.7. The third-order valence-corrected chi connectivity index (χ3v) is 11.4. The number of methoxy groups -OCH3 is 2. The monoisotopic (exact) mass is 803 g/mol. The first-order chi connectivity index (χ1) is 26.8. The Balaban J connectivity index is 1.19. The van der Waals surface area contributed by atoms with E-state index in [1.54, 1.807) is 61.5 Å². The van der Waals surface area contributed by atoms with Crippen molar-refractivity contribution in [3.8, 4) is 5.75 Å². The molecule has 3 amide bonds. The molecule has 0 saturated carbocycles. The van der Waals surface area contributed by atoms with Gasteiger partial charge in [-0.05, 0) is 96.9 Å². The van der Waals surface area contributed by atoms with Crippen molar-refractivity contribution in [2.24, 2.45) is 0 Å². The van der Waals surface area contributed by atoms with Crippen molar-refractivity contribution in [3.63, 3.8) is 0 Å². The summed E-state index contributed by atoms with van der Waals surface area (Å²) >= 11 is 6.07. The van der Waals surface area contributed by atoms with E-state index in [1.807, 2.05) is 0 Å². The van der Waals surface area contributed by atoms with E-state index in [-0.39, 0.29) is 47.9 Å². The molecule has 56 heavy (non-hydrogen) atoms. The van der Waals surface area contributed by atoms with Gasteiger partial charge in [0, 0.05) is 36.1 Å². The Morgan fingerprint density at radius 3 is 2.32 bits per heavy atom. The number of allylic oxidation sites excluding steroid dienone is 1. The van der Waals surface area contributed by atoms with Crippen LogP contribution in [0.2, 0.25) is 5.02 Å². The molecule has 0 bridgehead atoms. The molecule has 6 rings (SSSR count). The number of sulfonamides is 1. The van der Waals surface area contributed by atoms with Gasteiger partial charge >= 0.3 is 5.97 Å². The number of halogens is 1. The molecule has 16 heteroatoms. The van der Waals surface area contributed by atoms with Gasteiger partial charge in [-0.15, -0.1) is 0 Å². The summed E-state index contributed by atoms with van der Waals surface area (Å²) in [6.45, 7) is 0.799. The maximum Gasteiger partial charge on any atom is 0.337 e. The molecule has 4 aromatic rings. The van der Waals surface area contributed by atoms with E-state index >= 15 is 0 Å². The zero-order chi connectivity index (χ0) is 40.1. The summed E-state index contributed by atoms with van der Waals surface area (Å²) in [7, 11) is -1.26. The van der Waals surface area contributed by atoms with Gasteiger partial charge in [-0.25, -0.2) is 18.1 Å². The number of nitrogens with zero attached hydrogens (tertiary/aromatic N) is 2. The smallest absolute Gasteiger partial charge is 0.337 e. The summed E-state index contributed by atoms with van der Waals surface area (Å²) in [6, 6.07) is 21.7. The van der Waals surface area contributed by atoms with Crippen molar-refractivity contribution in [1.29, 1.82) is 0 Å². The lowest BCUT2D eigenvalue weighted by Gasteiger charge is -2.30. The van der Waals surface area contributed by atoms with Gasteiger partial charge in [0.2, 0.25) is 16.3 Å². The van der Waals surface area contributed by atoms with Crippen molar-refractivity contribution in [2.75, 3.05) is 50.7 Å². The average Bonchev–Trinajstić information content (AvgIpc) is 3.44. The number of benzene rings is 4. The highest BCUT2D eigenvalue weighted by atomic mass is 35.5. The number of aliphatic hydroxyl groups is 1. The van der Waals surface area contributed by atoms with Gasteiger partial charge in [0.25, 0.3) is 17.7 Å². The Bertz CT molecular complexity index is 2300. The topological polar surface area (TPSA) is 178 Å². The van der Waals surface area contributed by atoms with Crippen LogP contribution in [0.1, 0.15) is 54.5 Å². The van der Waals surface area contributed by atoms with Gasteiger partial charge in [0.1, 0.15) is 5.75 Å². The Labute approximate surface area is 328 Å². The summed E-state index contributed by atoms with van der Waals surface area (Å²) in [5.74, 6) is -2.16. The molecular formula is C40H38ClN3O11S. The molecule has 2 atom stereocenters. The van der Waals surface area contributed by atoms with Crippen molar-refractivity contribution in [1.82, 2.24) is 4.31 Å². The summed E-state index contributed by atoms with van der Waals surface area (Å²) < 4.78 is 49.9. The number of imide groups is 1. The molecule has 4 aromatic carbocycles. The summed E-state index contributed by atoms with van der Waals surface area (Å²) in [6.07, 6.45) is 0.857. The molecule has 292 valence electrons. The van der Waals surface area contributed by atoms with Crippen LogP contribution in [0.3, 0.4) is 0 Å². The van der Waals surface area contributed by atoms with Gasteiger partial charge in [0.05, 0.1) is 54.7 Å². The summed E-state index contributed by atoms with van der Waals surface area (Å²) in [5.41, 5.74) is 2.74. The summed E-state index contributed by atoms with van der Waals surface area (Å²) in [4.78, 5) is 53.2. The molecular weight excluding hydrogens is 766 g/mol. The molecule has 2 aliphatic rings. The van der Waals surface area contributed by atoms with E-state index < -0.39 is 52.5 Å². The van der Waals surface area contributed by atoms with Crippen LogP contribution in [0.5, 0.6) is 5.75 Å². The number of hydrogen-bond acceptors (Lipinski definition) is 11. The number of esters is 1. The number of aliphatic hydroxyl groups excluding tert-OH is 1. The largest absolute Gasteiger partial charge is 0.497 e. The maximum absolute atomic E-state index is 13.7. The number of hydrogen-bond donors (Lipinski definition) is 2.